The largest absolute Gasteiger partial charge is 0.508 e. The molecule has 0 fully saturated rings. The summed E-state index contributed by atoms with van der Waals surface area (Å²) in [6, 6.07) is 5.64. The van der Waals surface area contributed by atoms with Crippen LogP contribution in [0.25, 0.3) is 22.3 Å². The van der Waals surface area contributed by atoms with Gasteiger partial charge in [-0.15, -0.1) is 0 Å². The van der Waals surface area contributed by atoms with Gasteiger partial charge in [-0.3, -0.25) is 4.79 Å². The summed E-state index contributed by atoms with van der Waals surface area (Å²) in [6.07, 6.45) is 0. The zero-order chi connectivity index (χ0) is 18.0. The van der Waals surface area contributed by atoms with Crippen LogP contribution in [0.1, 0.15) is 13.8 Å². The Labute approximate surface area is 136 Å². The number of hydrogen-bond acceptors (Lipinski definition) is 7. The molecule has 1 aromatic heterocycles. The molecule has 0 bridgehead atoms. The van der Waals surface area contributed by atoms with Gasteiger partial charge in [-0.25, -0.2) is 0 Å². The molecular weight excluding hydrogens is 316 g/mol. The van der Waals surface area contributed by atoms with Crippen LogP contribution < -0.4 is 5.43 Å². The highest BCUT2D eigenvalue weighted by atomic mass is 16.4. The standard InChI is InChI=1S/C15H10O7.C2H6/c16-7-4-10(19)12-11(5-7)22-15(14(21)13(12)20)6-1-2-8(17)9(18)3-6;1-2/h1-5,16-19,21H;1-2H3. The molecule has 0 saturated heterocycles. The highest BCUT2D eigenvalue weighted by Gasteiger charge is 2.19. The molecule has 3 rings (SSSR count). The van der Waals surface area contributed by atoms with Gasteiger partial charge in [-0.05, 0) is 18.2 Å². The van der Waals surface area contributed by atoms with E-state index >= 15 is 0 Å². The van der Waals surface area contributed by atoms with Gasteiger partial charge in [0.05, 0.1) is 0 Å². The van der Waals surface area contributed by atoms with E-state index < -0.39 is 22.7 Å². The molecule has 24 heavy (non-hydrogen) atoms. The first-order valence-electron chi connectivity index (χ1n) is 7.12. The zero-order valence-corrected chi connectivity index (χ0v) is 12.9. The van der Waals surface area contributed by atoms with Gasteiger partial charge in [0.2, 0.25) is 11.2 Å². The second kappa shape index (κ2) is 6.41. The molecule has 0 amide bonds. The molecule has 1 heterocycles. The van der Waals surface area contributed by atoms with Crippen LogP contribution in [-0.4, -0.2) is 25.5 Å². The average Bonchev–Trinajstić information content (AvgIpc) is 2.55. The van der Waals surface area contributed by atoms with E-state index in [1.807, 2.05) is 13.8 Å². The fourth-order valence-electron chi connectivity index (χ4n) is 2.14. The molecule has 7 nitrogen and oxygen atoms in total. The highest BCUT2D eigenvalue weighted by molar-refractivity contribution is 5.88. The number of fused-ring (bicyclic) bond motifs is 1. The molecule has 7 heteroatoms. The molecule has 0 atom stereocenters. The zero-order valence-electron chi connectivity index (χ0n) is 12.9. The molecule has 3 aromatic rings. The van der Waals surface area contributed by atoms with Crippen molar-refractivity contribution in [2.45, 2.75) is 13.8 Å². The molecule has 0 radical (unpaired) electrons. The Morgan fingerprint density at radius 2 is 1.50 bits per heavy atom. The van der Waals surface area contributed by atoms with Gasteiger partial charge >= 0.3 is 0 Å². The summed E-state index contributed by atoms with van der Waals surface area (Å²) in [5.74, 6) is -2.71. The van der Waals surface area contributed by atoms with Crippen molar-refractivity contribution in [3.05, 3.63) is 40.6 Å². The Bertz CT molecular complexity index is 957. The normalized spacial score (nSPS) is 10.2. The van der Waals surface area contributed by atoms with E-state index in [0.29, 0.717) is 0 Å². The lowest BCUT2D eigenvalue weighted by Crippen LogP contribution is -2.02. The summed E-state index contributed by atoms with van der Waals surface area (Å²) in [6.45, 7) is 4.00. The van der Waals surface area contributed by atoms with Crippen molar-refractivity contribution in [2.75, 3.05) is 0 Å². The minimum Gasteiger partial charge on any atom is -0.508 e. The average molecular weight is 332 g/mol. The van der Waals surface area contributed by atoms with Crippen LogP contribution in [0.2, 0.25) is 0 Å². The molecule has 2 aromatic carbocycles. The van der Waals surface area contributed by atoms with Crippen LogP contribution in [0.5, 0.6) is 28.7 Å². The monoisotopic (exact) mass is 332 g/mol. The van der Waals surface area contributed by atoms with Crippen LogP contribution >= 0.6 is 0 Å². The Morgan fingerprint density at radius 3 is 2.12 bits per heavy atom. The number of phenols is 4. The summed E-state index contributed by atoms with van der Waals surface area (Å²) < 4.78 is 5.35. The van der Waals surface area contributed by atoms with E-state index in [4.69, 9.17) is 4.42 Å². The van der Waals surface area contributed by atoms with Gasteiger partial charge in [0.15, 0.2) is 17.3 Å². The Kier molecular flexibility index (Phi) is 4.54. The molecule has 0 aliphatic heterocycles. The number of hydrogen-bond donors (Lipinski definition) is 5. The highest BCUT2D eigenvalue weighted by Crippen LogP contribution is 2.37. The minimum absolute atomic E-state index is 0.134. The van der Waals surface area contributed by atoms with Crippen LogP contribution in [0.3, 0.4) is 0 Å². The van der Waals surface area contributed by atoms with Gasteiger partial charge in [-0.2, -0.15) is 0 Å². The van der Waals surface area contributed by atoms with Gasteiger partial charge in [0, 0.05) is 17.7 Å². The fourth-order valence-corrected chi connectivity index (χ4v) is 2.14. The molecule has 0 unspecified atom stereocenters. The van der Waals surface area contributed by atoms with Gasteiger partial charge < -0.3 is 29.9 Å². The van der Waals surface area contributed by atoms with Crippen LogP contribution in [0.15, 0.2) is 39.5 Å². The topological polar surface area (TPSA) is 131 Å². The molecule has 0 saturated carbocycles. The molecular formula is C17H16O7. The maximum absolute atomic E-state index is 12.1. The molecule has 126 valence electrons. The Morgan fingerprint density at radius 1 is 0.833 bits per heavy atom. The van der Waals surface area contributed by atoms with Crippen molar-refractivity contribution in [2.24, 2.45) is 0 Å². The van der Waals surface area contributed by atoms with Gasteiger partial charge in [0.25, 0.3) is 0 Å². The van der Waals surface area contributed by atoms with E-state index in [-0.39, 0.29) is 33.8 Å². The predicted molar refractivity (Wildman–Crippen MR) is 87.6 cm³/mol. The van der Waals surface area contributed by atoms with Crippen molar-refractivity contribution < 1.29 is 29.9 Å². The number of phenolic OH excluding ortho intramolecular Hbond substituents is 4. The van der Waals surface area contributed by atoms with Gasteiger partial charge in [-0.1, -0.05) is 13.8 Å². The summed E-state index contributed by atoms with van der Waals surface area (Å²) in [7, 11) is 0. The Hall–Kier alpha value is -3.35. The van der Waals surface area contributed by atoms with Crippen LogP contribution in [-0.2, 0) is 0 Å². The van der Waals surface area contributed by atoms with Crippen molar-refractivity contribution >= 4 is 11.0 Å². The van der Waals surface area contributed by atoms with E-state index in [9.17, 15) is 30.3 Å². The van der Waals surface area contributed by atoms with E-state index in [1.54, 1.807) is 0 Å². The molecule has 0 aliphatic rings. The number of benzene rings is 2. The lowest BCUT2D eigenvalue weighted by atomic mass is 10.1. The number of aromatic hydroxyl groups is 5. The Balaban J connectivity index is 0.00000100. The van der Waals surface area contributed by atoms with E-state index in [2.05, 4.69) is 0 Å². The SMILES string of the molecule is CC.O=c1c(O)c(-c2ccc(O)c(O)c2)oc2cc(O)cc(O)c12. The number of rotatable bonds is 1. The van der Waals surface area contributed by atoms with E-state index in [0.717, 1.165) is 24.3 Å². The lowest BCUT2D eigenvalue weighted by molar-refractivity contribution is 0.403. The summed E-state index contributed by atoms with van der Waals surface area (Å²) >= 11 is 0. The van der Waals surface area contributed by atoms with Crippen molar-refractivity contribution in [3.63, 3.8) is 0 Å². The first-order valence-corrected chi connectivity index (χ1v) is 7.12. The minimum atomic E-state index is -0.888. The molecule has 5 N–H and O–H groups in total. The third-order valence-corrected chi connectivity index (χ3v) is 3.17. The summed E-state index contributed by atoms with van der Waals surface area (Å²) in [4.78, 5) is 12.1. The maximum atomic E-state index is 12.1. The van der Waals surface area contributed by atoms with Crippen molar-refractivity contribution in [1.82, 2.24) is 0 Å². The lowest BCUT2D eigenvalue weighted by Gasteiger charge is -2.08. The third-order valence-electron chi connectivity index (χ3n) is 3.17. The summed E-state index contributed by atoms with van der Waals surface area (Å²) in [5.41, 5.74) is -0.890. The van der Waals surface area contributed by atoms with E-state index in [1.165, 1.54) is 6.07 Å². The maximum Gasteiger partial charge on any atom is 0.238 e. The second-order valence-electron chi connectivity index (χ2n) is 4.65. The van der Waals surface area contributed by atoms with Gasteiger partial charge in [0.1, 0.15) is 22.5 Å². The van der Waals surface area contributed by atoms with Crippen LogP contribution in [0.4, 0.5) is 0 Å². The quantitative estimate of drug-likeness (QED) is 0.433. The first-order chi connectivity index (χ1) is 11.4. The van der Waals surface area contributed by atoms with Crippen molar-refractivity contribution in [3.8, 4) is 40.1 Å². The fraction of sp³-hybridized carbons (Fsp3) is 0.118. The third kappa shape index (κ3) is 2.79. The molecule has 0 aliphatic carbocycles. The summed E-state index contributed by atoms with van der Waals surface area (Å²) in [5, 5.41) is 47.6. The van der Waals surface area contributed by atoms with Crippen LogP contribution in [0, 0.1) is 0 Å². The first kappa shape index (κ1) is 17.0. The smallest absolute Gasteiger partial charge is 0.238 e. The molecule has 0 spiro atoms. The van der Waals surface area contributed by atoms with Crippen molar-refractivity contribution in [1.29, 1.82) is 0 Å². The predicted octanol–water partition coefficient (Wildman–Crippen LogP) is 3.01. The second-order valence-corrected chi connectivity index (χ2v) is 4.65.